The fraction of sp³-hybridized carbons (Fsp3) is 0.0435. The zero-order chi connectivity index (χ0) is 18.6. The monoisotopic (exact) mass is 358 g/mol. The molecule has 0 spiro atoms. The van der Waals surface area contributed by atoms with Gasteiger partial charge in [-0.3, -0.25) is 0 Å². The number of ether oxygens (including phenoxy) is 1. The average Bonchev–Trinajstić information content (AvgIpc) is 2.73. The van der Waals surface area contributed by atoms with Crippen molar-refractivity contribution in [3.63, 3.8) is 0 Å². The van der Waals surface area contributed by atoms with E-state index in [2.05, 4.69) is 17.0 Å². The Morgan fingerprint density at radius 1 is 0.704 bits per heavy atom. The van der Waals surface area contributed by atoms with Gasteiger partial charge in [-0.1, -0.05) is 54.6 Å². The lowest BCUT2D eigenvalue weighted by molar-refractivity contribution is -0.137. The van der Waals surface area contributed by atoms with Crippen LogP contribution in [-0.2, 0) is 6.61 Å². The van der Waals surface area contributed by atoms with Gasteiger partial charge in [0.15, 0.2) is 5.75 Å². The molecule has 0 saturated heterocycles. The van der Waals surface area contributed by atoms with E-state index in [4.69, 9.17) is 9.99 Å². The molecule has 0 heterocycles. The van der Waals surface area contributed by atoms with Crippen molar-refractivity contribution < 1.29 is 20.0 Å². The highest BCUT2D eigenvalue weighted by Crippen LogP contribution is 2.34. The lowest BCUT2D eigenvalue weighted by Crippen LogP contribution is -1.96. The van der Waals surface area contributed by atoms with Crippen molar-refractivity contribution in [1.82, 2.24) is 0 Å². The highest BCUT2D eigenvalue weighted by molar-refractivity contribution is 5.99. The molecule has 134 valence electrons. The third-order valence-corrected chi connectivity index (χ3v) is 4.48. The molecule has 4 aromatic carbocycles. The first-order valence-corrected chi connectivity index (χ1v) is 8.59. The molecular formula is C23H18O4. The number of phenols is 1. The van der Waals surface area contributed by atoms with Crippen LogP contribution in [-0.4, -0.2) is 10.4 Å². The van der Waals surface area contributed by atoms with Crippen LogP contribution < -0.4 is 9.62 Å². The van der Waals surface area contributed by atoms with Crippen LogP contribution in [0.1, 0.15) is 5.56 Å². The molecule has 0 radical (unpaired) electrons. The molecule has 4 aromatic rings. The SMILES string of the molecule is OOc1ccc(-c2cccc3c(OCc4ccc(O)cc4)cccc23)cc1. The van der Waals surface area contributed by atoms with Crippen LogP contribution in [0.15, 0.2) is 84.9 Å². The summed E-state index contributed by atoms with van der Waals surface area (Å²) in [4.78, 5) is 4.26. The molecule has 4 heteroatoms. The number of rotatable bonds is 5. The van der Waals surface area contributed by atoms with E-state index in [1.165, 1.54) is 0 Å². The molecule has 27 heavy (non-hydrogen) atoms. The summed E-state index contributed by atoms with van der Waals surface area (Å²) in [5.74, 6) is 1.45. The molecule has 0 saturated carbocycles. The predicted octanol–water partition coefficient (Wildman–Crippen LogP) is 5.64. The van der Waals surface area contributed by atoms with E-state index >= 15 is 0 Å². The number of fused-ring (bicyclic) bond motifs is 1. The largest absolute Gasteiger partial charge is 0.508 e. The number of aromatic hydroxyl groups is 1. The Kier molecular flexibility index (Phi) is 4.64. The van der Waals surface area contributed by atoms with E-state index in [0.717, 1.165) is 33.2 Å². The summed E-state index contributed by atoms with van der Waals surface area (Å²) >= 11 is 0. The summed E-state index contributed by atoms with van der Waals surface area (Å²) in [5.41, 5.74) is 3.09. The molecule has 0 aliphatic heterocycles. The average molecular weight is 358 g/mol. The first-order chi connectivity index (χ1) is 13.2. The van der Waals surface area contributed by atoms with Gasteiger partial charge in [0.25, 0.3) is 0 Å². The van der Waals surface area contributed by atoms with Crippen LogP contribution >= 0.6 is 0 Å². The Morgan fingerprint density at radius 3 is 2.15 bits per heavy atom. The van der Waals surface area contributed by atoms with Crippen LogP contribution in [0.25, 0.3) is 21.9 Å². The summed E-state index contributed by atoms with van der Waals surface area (Å²) < 4.78 is 6.04. The second-order valence-corrected chi connectivity index (χ2v) is 6.23. The van der Waals surface area contributed by atoms with Gasteiger partial charge in [-0.25, -0.2) is 5.26 Å². The Balaban J connectivity index is 1.67. The minimum absolute atomic E-state index is 0.242. The maximum atomic E-state index is 9.39. The van der Waals surface area contributed by atoms with Crippen LogP contribution in [0, 0.1) is 0 Å². The maximum absolute atomic E-state index is 9.39. The zero-order valence-electron chi connectivity index (χ0n) is 14.5. The van der Waals surface area contributed by atoms with Gasteiger partial charge >= 0.3 is 0 Å². The van der Waals surface area contributed by atoms with E-state index < -0.39 is 0 Å². The number of benzene rings is 4. The van der Waals surface area contributed by atoms with E-state index in [0.29, 0.717) is 12.4 Å². The minimum Gasteiger partial charge on any atom is -0.508 e. The Morgan fingerprint density at radius 2 is 1.41 bits per heavy atom. The van der Waals surface area contributed by atoms with E-state index in [1.807, 2.05) is 48.5 Å². The second-order valence-electron chi connectivity index (χ2n) is 6.23. The summed E-state index contributed by atoms with van der Waals surface area (Å²) in [7, 11) is 0. The van der Waals surface area contributed by atoms with Crippen molar-refractivity contribution >= 4 is 10.8 Å². The van der Waals surface area contributed by atoms with Gasteiger partial charge in [-0.15, -0.1) is 0 Å². The van der Waals surface area contributed by atoms with E-state index in [1.54, 1.807) is 24.3 Å². The Labute approximate surface area is 156 Å². The smallest absolute Gasteiger partial charge is 0.165 e. The number of phenolic OH excluding ortho intramolecular Hbond substituents is 1. The quantitative estimate of drug-likeness (QED) is 0.358. The van der Waals surface area contributed by atoms with Gasteiger partial charge in [0, 0.05) is 5.39 Å². The maximum Gasteiger partial charge on any atom is 0.165 e. The summed E-state index contributed by atoms with van der Waals surface area (Å²) in [5, 5.41) is 20.2. The lowest BCUT2D eigenvalue weighted by atomic mass is 9.98. The molecule has 0 amide bonds. The molecule has 0 aliphatic carbocycles. The molecule has 0 fully saturated rings. The van der Waals surface area contributed by atoms with Crippen molar-refractivity contribution in [2.24, 2.45) is 0 Å². The van der Waals surface area contributed by atoms with E-state index in [9.17, 15) is 5.11 Å². The van der Waals surface area contributed by atoms with Gasteiger partial charge in [0.05, 0.1) is 0 Å². The van der Waals surface area contributed by atoms with Crippen LogP contribution in [0.3, 0.4) is 0 Å². The molecule has 0 atom stereocenters. The van der Waals surface area contributed by atoms with Crippen molar-refractivity contribution in [3.05, 3.63) is 90.5 Å². The van der Waals surface area contributed by atoms with E-state index in [-0.39, 0.29) is 5.75 Å². The van der Waals surface area contributed by atoms with Gasteiger partial charge < -0.3 is 14.7 Å². The van der Waals surface area contributed by atoms with Crippen molar-refractivity contribution in [2.75, 3.05) is 0 Å². The molecule has 4 nitrogen and oxygen atoms in total. The number of hydrogen-bond acceptors (Lipinski definition) is 4. The Hall–Kier alpha value is -3.50. The van der Waals surface area contributed by atoms with Crippen LogP contribution in [0.2, 0.25) is 0 Å². The molecule has 0 aliphatic rings. The first-order valence-electron chi connectivity index (χ1n) is 8.59. The van der Waals surface area contributed by atoms with Gasteiger partial charge in [-0.05, 0) is 52.4 Å². The fourth-order valence-electron chi connectivity index (χ4n) is 3.11. The molecule has 4 rings (SSSR count). The summed E-state index contributed by atoms with van der Waals surface area (Å²) in [6, 6.07) is 26.3. The predicted molar refractivity (Wildman–Crippen MR) is 105 cm³/mol. The number of hydrogen-bond donors (Lipinski definition) is 2. The van der Waals surface area contributed by atoms with Gasteiger partial charge in [0.2, 0.25) is 0 Å². The summed E-state index contributed by atoms with van der Waals surface area (Å²) in [6.07, 6.45) is 0. The third kappa shape index (κ3) is 3.57. The van der Waals surface area contributed by atoms with Crippen molar-refractivity contribution in [2.45, 2.75) is 6.61 Å². The highest BCUT2D eigenvalue weighted by atomic mass is 17.1. The zero-order valence-corrected chi connectivity index (χ0v) is 14.5. The van der Waals surface area contributed by atoms with Crippen molar-refractivity contribution in [1.29, 1.82) is 0 Å². The van der Waals surface area contributed by atoms with Gasteiger partial charge in [0.1, 0.15) is 18.1 Å². The molecule has 2 N–H and O–H groups in total. The lowest BCUT2D eigenvalue weighted by Gasteiger charge is -2.12. The van der Waals surface area contributed by atoms with Crippen LogP contribution in [0.5, 0.6) is 17.2 Å². The standard InChI is InChI=1S/C23H18O4/c24-18-11-7-16(8-12-18)15-26-23-6-2-4-21-20(3-1-5-22(21)23)17-9-13-19(27-25)14-10-17/h1-14,24-25H,15H2. The van der Waals surface area contributed by atoms with Crippen LogP contribution in [0.4, 0.5) is 0 Å². The molecule has 0 aromatic heterocycles. The van der Waals surface area contributed by atoms with Crippen molar-refractivity contribution in [3.8, 4) is 28.4 Å². The molecule has 0 bridgehead atoms. The third-order valence-electron chi connectivity index (χ3n) is 4.48. The van der Waals surface area contributed by atoms with Gasteiger partial charge in [-0.2, -0.15) is 0 Å². The first kappa shape index (κ1) is 16.9. The Bertz CT molecular complexity index is 1050. The minimum atomic E-state index is 0.242. The molecular weight excluding hydrogens is 340 g/mol. The normalized spacial score (nSPS) is 10.7. The summed E-state index contributed by atoms with van der Waals surface area (Å²) in [6.45, 7) is 0.423. The highest BCUT2D eigenvalue weighted by Gasteiger charge is 2.08. The molecule has 0 unspecified atom stereocenters. The fourth-order valence-corrected chi connectivity index (χ4v) is 3.11. The topological polar surface area (TPSA) is 58.9 Å². The second kappa shape index (κ2) is 7.40.